The summed E-state index contributed by atoms with van der Waals surface area (Å²) in [6, 6.07) is 4.19. The van der Waals surface area contributed by atoms with Gasteiger partial charge in [0.25, 0.3) is 0 Å². The number of hydrogen-bond donors (Lipinski definition) is 2. The highest BCUT2D eigenvalue weighted by molar-refractivity contribution is 14.0. The largest absolute Gasteiger partial charge is 0.375 e. The summed E-state index contributed by atoms with van der Waals surface area (Å²) in [6.45, 7) is 11.5. The van der Waals surface area contributed by atoms with Gasteiger partial charge in [0.2, 0.25) is 0 Å². The zero-order chi connectivity index (χ0) is 18.6. The Morgan fingerprint density at radius 1 is 1.30 bits per heavy atom. The van der Waals surface area contributed by atoms with Gasteiger partial charge in [-0.05, 0) is 38.0 Å². The number of anilines is 1. The number of hydrogen-bond acceptors (Lipinski definition) is 4. The van der Waals surface area contributed by atoms with E-state index >= 15 is 0 Å². The third kappa shape index (κ3) is 9.10. The lowest BCUT2D eigenvalue weighted by Crippen LogP contribution is -2.41. The minimum absolute atomic E-state index is 0. The van der Waals surface area contributed by atoms with E-state index in [-0.39, 0.29) is 30.1 Å². The number of aromatic nitrogens is 1. The first-order chi connectivity index (χ1) is 12.7. The van der Waals surface area contributed by atoms with Gasteiger partial charge in [-0.15, -0.1) is 24.0 Å². The van der Waals surface area contributed by atoms with E-state index < -0.39 is 0 Å². The molecule has 0 aromatic carbocycles. The summed E-state index contributed by atoms with van der Waals surface area (Å²) < 4.78 is 5.62. The van der Waals surface area contributed by atoms with Crippen LogP contribution in [0.25, 0.3) is 0 Å². The van der Waals surface area contributed by atoms with Crippen molar-refractivity contribution in [3.8, 4) is 0 Å². The van der Waals surface area contributed by atoms with Crippen molar-refractivity contribution in [3.63, 3.8) is 0 Å². The van der Waals surface area contributed by atoms with Crippen LogP contribution in [0.2, 0.25) is 0 Å². The standard InChI is InChI=1S/C20H35N5O.HI/c1-4-6-7-8-10-23-20(21-5-2)24-15-18-9-11-22-19(14-18)25-12-13-26-17(3)16-25;/h9,11,14,17H,4-8,10,12-13,15-16H2,1-3H3,(H2,21,23,24);1H. The van der Waals surface area contributed by atoms with Gasteiger partial charge in [0.05, 0.1) is 19.3 Å². The highest BCUT2D eigenvalue weighted by Crippen LogP contribution is 2.16. The van der Waals surface area contributed by atoms with E-state index in [1.54, 1.807) is 0 Å². The van der Waals surface area contributed by atoms with Crippen LogP contribution in [0.4, 0.5) is 5.82 Å². The average Bonchev–Trinajstić information content (AvgIpc) is 2.66. The first-order valence-corrected chi connectivity index (χ1v) is 10.1. The second kappa shape index (κ2) is 14.0. The molecule has 0 spiro atoms. The predicted octanol–water partition coefficient (Wildman–Crippen LogP) is 3.56. The van der Waals surface area contributed by atoms with Crippen LogP contribution >= 0.6 is 24.0 Å². The maximum atomic E-state index is 5.62. The Hall–Kier alpha value is -1.09. The molecular formula is C20H36IN5O. The number of rotatable bonds is 9. The molecule has 6 nitrogen and oxygen atoms in total. The van der Waals surface area contributed by atoms with Gasteiger partial charge in [0, 0.05) is 32.4 Å². The van der Waals surface area contributed by atoms with Crippen molar-refractivity contribution in [2.24, 2.45) is 4.99 Å². The van der Waals surface area contributed by atoms with Gasteiger partial charge >= 0.3 is 0 Å². The summed E-state index contributed by atoms with van der Waals surface area (Å²) in [6.07, 6.45) is 7.16. The fraction of sp³-hybridized carbons (Fsp3) is 0.700. The molecule has 1 saturated heterocycles. The summed E-state index contributed by atoms with van der Waals surface area (Å²) in [5.41, 5.74) is 1.18. The fourth-order valence-corrected chi connectivity index (χ4v) is 3.03. The number of nitrogens with zero attached hydrogens (tertiary/aromatic N) is 3. The van der Waals surface area contributed by atoms with E-state index in [1.165, 1.54) is 31.2 Å². The number of unbranched alkanes of at least 4 members (excludes halogenated alkanes) is 3. The molecule has 0 bridgehead atoms. The SMILES string of the molecule is CCCCCCNC(=NCc1ccnc(N2CCOC(C)C2)c1)NCC.I. The number of halogens is 1. The smallest absolute Gasteiger partial charge is 0.191 e. The second-order valence-electron chi connectivity index (χ2n) is 6.83. The zero-order valence-electron chi connectivity index (χ0n) is 17.0. The molecule has 0 saturated carbocycles. The lowest BCUT2D eigenvalue weighted by Gasteiger charge is -2.32. The van der Waals surface area contributed by atoms with E-state index in [1.807, 2.05) is 12.3 Å². The fourth-order valence-electron chi connectivity index (χ4n) is 3.03. The molecule has 1 aromatic rings. The van der Waals surface area contributed by atoms with Crippen molar-refractivity contribution in [3.05, 3.63) is 23.9 Å². The molecule has 0 radical (unpaired) electrons. The molecule has 1 fully saturated rings. The number of morpholine rings is 1. The number of ether oxygens (including phenoxy) is 1. The molecule has 27 heavy (non-hydrogen) atoms. The third-order valence-corrected chi connectivity index (χ3v) is 4.46. The lowest BCUT2D eigenvalue weighted by molar-refractivity contribution is 0.0529. The Labute approximate surface area is 181 Å². The first kappa shape index (κ1) is 23.9. The molecule has 0 aliphatic carbocycles. The second-order valence-corrected chi connectivity index (χ2v) is 6.83. The van der Waals surface area contributed by atoms with Crippen molar-refractivity contribution in [1.29, 1.82) is 0 Å². The van der Waals surface area contributed by atoms with E-state index in [0.717, 1.165) is 44.6 Å². The highest BCUT2D eigenvalue weighted by atomic mass is 127. The van der Waals surface area contributed by atoms with Crippen LogP contribution in [0, 0.1) is 0 Å². The number of nitrogens with one attached hydrogen (secondary N) is 2. The predicted molar refractivity (Wildman–Crippen MR) is 124 cm³/mol. The molecule has 0 amide bonds. The van der Waals surface area contributed by atoms with E-state index in [9.17, 15) is 0 Å². The Morgan fingerprint density at radius 2 is 2.15 bits per heavy atom. The Bertz CT molecular complexity index is 555. The molecular weight excluding hydrogens is 453 g/mol. The summed E-state index contributed by atoms with van der Waals surface area (Å²) in [4.78, 5) is 11.5. The molecule has 1 aliphatic rings. The van der Waals surface area contributed by atoms with Crippen molar-refractivity contribution >= 4 is 35.8 Å². The number of pyridine rings is 1. The summed E-state index contributed by atoms with van der Waals surface area (Å²) in [5, 5.41) is 6.75. The van der Waals surface area contributed by atoms with Gasteiger partial charge in [-0.25, -0.2) is 9.98 Å². The Morgan fingerprint density at radius 3 is 2.89 bits per heavy atom. The summed E-state index contributed by atoms with van der Waals surface area (Å²) >= 11 is 0. The number of aliphatic imine (C=N–C) groups is 1. The molecule has 2 rings (SSSR count). The maximum absolute atomic E-state index is 5.62. The van der Waals surface area contributed by atoms with Crippen molar-refractivity contribution < 1.29 is 4.74 Å². The van der Waals surface area contributed by atoms with Crippen LogP contribution in [0.5, 0.6) is 0 Å². The molecule has 154 valence electrons. The first-order valence-electron chi connectivity index (χ1n) is 10.1. The van der Waals surface area contributed by atoms with Crippen molar-refractivity contribution in [1.82, 2.24) is 15.6 Å². The van der Waals surface area contributed by atoms with E-state index in [4.69, 9.17) is 9.73 Å². The topological polar surface area (TPSA) is 61.8 Å². The van der Waals surface area contributed by atoms with Crippen LogP contribution in [-0.2, 0) is 11.3 Å². The molecule has 7 heteroatoms. The van der Waals surface area contributed by atoms with Gasteiger partial charge in [-0.1, -0.05) is 26.2 Å². The average molecular weight is 489 g/mol. The van der Waals surface area contributed by atoms with Gasteiger partial charge < -0.3 is 20.3 Å². The normalized spacial score (nSPS) is 17.4. The highest BCUT2D eigenvalue weighted by Gasteiger charge is 2.17. The molecule has 2 heterocycles. The third-order valence-electron chi connectivity index (χ3n) is 4.46. The van der Waals surface area contributed by atoms with Crippen LogP contribution in [-0.4, -0.2) is 49.8 Å². The lowest BCUT2D eigenvalue weighted by atomic mass is 10.2. The van der Waals surface area contributed by atoms with E-state index in [0.29, 0.717) is 6.54 Å². The Balaban J connectivity index is 0.00000364. The van der Waals surface area contributed by atoms with Crippen molar-refractivity contribution in [2.75, 3.05) is 37.7 Å². The van der Waals surface area contributed by atoms with E-state index in [2.05, 4.69) is 47.4 Å². The Kier molecular flexibility index (Phi) is 12.4. The van der Waals surface area contributed by atoms with Gasteiger partial charge in [0.15, 0.2) is 5.96 Å². The monoisotopic (exact) mass is 489 g/mol. The van der Waals surface area contributed by atoms with Gasteiger partial charge in [-0.3, -0.25) is 0 Å². The molecule has 1 atom stereocenters. The molecule has 2 N–H and O–H groups in total. The quantitative estimate of drug-likeness (QED) is 0.241. The minimum Gasteiger partial charge on any atom is -0.375 e. The minimum atomic E-state index is 0. The maximum Gasteiger partial charge on any atom is 0.191 e. The summed E-state index contributed by atoms with van der Waals surface area (Å²) in [5.74, 6) is 1.91. The van der Waals surface area contributed by atoms with Gasteiger partial charge in [0.1, 0.15) is 5.82 Å². The van der Waals surface area contributed by atoms with Gasteiger partial charge in [-0.2, -0.15) is 0 Å². The van der Waals surface area contributed by atoms with Crippen LogP contribution in [0.3, 0.4) is 0 Å². The molecule has 1 aromatic heterocycles. The number of guanidine groups is 1. The molecule has 1 aliphatic heterocycles. The van der Waals surface area contributed by atoms with Crippen LogP contribution in [0.15, 0.2) is 23.3 Å². The summed E-state index contributed by atoms with van der Waals surface area (Å²) in [7, 11) is 0. The zero-order valence-corrected chi connectivity index (χ0v) is 19.4. The van der Waals surface area contributed by atoms with Crippen molar-refractivity contribution in [2.45, 2.75) is 59.1 Å². The molecule has 1 unspecified atom stereocenters. The van der Waals surface area contributed by atoms with Crippen LogP contribution < -0.4 is 15.5 Å². The van der Waals surface area contributed by atoms with Crippen LogP contribution in [0.1, 0.15) is 52.0 Å².